The highest BCUT2D eigenvalue weighted by molar-refractivity contribution is 5.41. The number of benzene rings is 1. The van der Waals surface area contributed by atoms with E-state index in [0.717, 1.165) is 32.0 Å². The number of hydrogen-bond donors (Lipinski definition) is 1. The van der Waals surface area contributed by atoms with E-state index in [1.54, 1.807) is 0 Å². The molecule has 1 aliphatic heterocycles. The number of ether oxygens (including phenoxy) is 1. The van der Waals surface area contributed by atoms with E-state index in [1.807, 2.05) is 12.1 Å². The monoisotopic (exact) mass is 206 g/mol. The standard InChI is InChI=1S/C12H18N2O/c1-10(14-5-7-15-8-6-14)11-3-2-4-12(13)9-11/h2-4,9-10H,5-8,13H2,1H3/t10-/m1/s1. The summed E-state index contributed by atoms with van der Waals surface area (Å²) in [5.74, 6) is 0. The molecule has 2 rings (SSSR count). The Morgan fingerprint density at radius 3 is 2.73 bits per heavy atom. The van der Waals surface area contributed by atoms with Crippen molar-refractivity contribution in [2.24, 2.45) is 0 Å². The molecule has 1 atom stereocenters. The third kappa shape index (κ3) is 2.49. The van der Waals surface area contributed by atoms with E-state index in [1.165, 1.54) is 5.56 Å². The Labute approximate surface area is 90.8 Å². The van der Waals surface area contributed by atoms with E-state index < -0.39 is 0 Å². The predicted octanol–water partition coefficient (Wildman–Crippen LogP) is 1.66. The van der Waals surface area contributed by atoms with Crippen LogP contribution >= 0.6 is 0 Å². The van der Waals surface area contributed by atoms with Crippen LogP contribution in [0.5, 0.6) is 0 Å². The van der Waals surface area contributed by atoms with Gasteiger partial charge in [0.1, 0.15) is 0 Å². The fraction of sp³-hybridized carbons (Fsp3) is 0.500. The number of nitrogens with two attached hydrogens (primary N) is 1. The molecule has 0 saturated carbocycles. The first-order chi connectivity index (χ1) is 7.27. The van der Waals surface area contributed by atoms with Crippen molar-refractivity contribution in [3.63, 3.8) is 0 Å². The molecule has 1 heterocycles. The third-order valence-electron chi connectivity index (χ3n) is 2.99. The van der Waals surface area contributed by atoms with Gasteiger partial charge in [-0.15, -0.1) is 0 Å². The van der Waals surface area contributed by atoms with Crippen LogP contribution in [0.1, 0.15) is 18.5 Å². The maximum atomic E-state index is 5.78. The summed E-state index contributed by atoms with van der Waals surface area (Å²) in [6.45, 7) is 5.92. The topological polar surface area (TPSA) is 38.5 Å². The molecule has 3 nitrogen and oxygen atoms in total. The molecule has 0 bridgehead atoms. The summed E-state index contributed by atoms with van der Waals surface area (Å²) in [6, 6.07) is 8.56. The lowest BCUT2D eigenvalue weighted by molar-refractivity contribution is 0.0199. The molecule has 1 fully saturated rings. The lowest BCUT2D eigenvalue weighted by atomic mass is 10.1. The lowest BCUT2D eigenvalue weighted by Crippen LogP contribution is -2.38. The van der Waals surface area contributed by atoms with Gasteiger partial charge >= 0.3 is 0 Å². The summed E-state index contributed by atoms with van der Waals surface area (Å²) in [5, 5.41) is 0. The van der Waals surface area contributed by atoms with Gasteiger partial charge in [-0.3, -0.25) is 4.90 Å². The third-order valence-corrected chi connectivity index (χ3v) is 2.99. The molecule has 0 spiro atoms. The van der Waals surface area contributed by atoms with Crippen LogP contribution in [0, 0.1) is 0 Å². The maximum absolute atomic E-state index is 5.78. The van der Waals surface area contributed by atoms with E-state index >= 15 is 0 Å². The number of rotatable bonds is 2. The second-order valence-electron chi connectivity index (χ2n) is 3.99. The first kappa shape index (κ1) is 10.5. The van der Waals surface area contributed by atoms with Crippen molar-refractivity contribution in [3.05, 3.63) is 29.8 Å². The molecule has 0 amide bonds. The van der Waals surface area contributed by atoms with Gasteiger partial charge in [-0.05, 0) is 24.6 Å². The summed E-state index contributed by atoms with van der Waals surface area (Å²) in [4.78, 5) is 2.43. The molecular formula is C12H18N2O. The molecule has 82 valence electrons. The van der Waals surface area contributed by atoms with Gasteiger partial charge in [0.05, 0.1) is 13.2 Å². The normalized spacial score (nSPS) is 20.1. The molecule has 1 saturated heterocycles. The Balaban J connectivity index is 2.08. The highest BCUT2D eigenvalue weighted by Gasteiger charge is 2.18. The lowest BCUT2D eigenvalue weighted by Gasteiger charge is -2.32. The zero-order valence-corrected chi connectivity index (χ0v) is 9.15. The van der Waals surface area contributed by atoms with Gasteiger partial charge in [-0.25, -0.2) is 0 Å². The predicted molar refractivity (Wildman–Crippen MR) is 61.7 cm³/mol. The second kappa shape index (κ2) is 4.64. The van der Waals surface area contributed by atoms with Crippen LogP contribution < -0.4 is 5.73 Å². The van der Waals surface area contributed by atoms with E-state index in [9.17, 15) is 0 Å². The Morgan fingerprint density at radius 1 is 1.33 bits per heavy atom. The summed E-state index contributed by atoms with van der Waals surface area (Å²) in [6.07, 6.45) is 0. The molecule has 1 aliphatic rings. The second-order valence-corrected chi connectivity index (χ2v) is 3.99. The molecule has 3 heteroatoms. The van der Waals surface area contributed by atoms with Crippen molar-refractivity contribution in [1.82, 2.24) is 4.90 Å². The van der Waals surface area contributed by atoms with E-state index in [2.05, 4.69) is 24.0 Å². The average molecular weight is 206 g/mol. The van der Waals surface area contributed by atoms with Gasteiger partial charge < -0.3 is 10.5 Å². The number of morpholine rings is 1. The van der Waals surface area contributed by atoms with Crippen LogP contribution in [0.15, 0.2) is 24.3 Å². The van der Waals surface area contributed by atoms with Gasteiger partial charge in [0.2, 0.25) is 0 Å². The van der Waals surface area contributed by atoms with Crippen molar-refractivity contribution in [2.75, 3.05) is 32.0 Å². The summed E-state index contributed by atoms with van der Waals surface area (Å²) < 4.78 is 5.34. The summed E-state index contributed by atoms with van der Waals surface area (Å²) in [5.41, 5.74) is 7.91. The van der Waals surface area contributed by atoms with Crippen LogP contribution in [0.4, 0.5) is 5.69 Å². The number of nitrogens with zero attached hydrogens (tertiary/aromatic N) is 1. The Kier molecular flexibility index (Phi) is 3.23. The molecule has 2 N–H and O–H groups in total. The molecule has 15 heavy (non-hydrogen) atoms. The van der Waals surface area contributed by atoms with Gasteiger partial charge in [-0.2, -0.15) is 0 Å². The van der Waals surface area contributed by atoms with E-state index in [-0.39, 0.29) is 0 Å². The SMILES string of the molecule is C[C@H](c1cccc(N)c1)N1CCOCC1. The Bertz CT molecular complexity index is 321. The minimum Gasteiger partial charge on any atom is -0.399 e. The van der Waals surface area contributed by atoms with Crippen LogP contribution in [0.25, 0.3) is 0 Å². The first-order valence-corrected chi connectivity index (χ1v) is 5.44. The minimum atomic E-state index is 0.428. The molecule has 0 aliphatic carbocycles. The van der Waals surface area contributed by atoms with Crippen LogP contribution in [0.2, 0.25) is 0 Å². The van der Waals surface area contributed by atoms with Gasteiger partial charge in [0.25, 0.3) is 0 Å². The highest BCUT2D eigenvalue weighted by atomic mass is 16.5. The van der Waals surface area contributed by atoms with Crippen molar-refractivity contribution in [3.8, 4) is 0 Å². The zero-order chi connectivity index (χ0) is 10.7. The molecule has 1 aromatic rings. The Morgan fingerprint density at radius 2 is 2.07 bits per heavy atom. The summed E-state index contributed by atoms with van der Waals surface area (Å²) in [7, 11) is 0. The van der Waals surface area contributed by atoms with E-state index in [0.29, 0.717) is 6.04 Å². The van der Waals surface area contributed by atoms with Gasteiger partial charge in [0.15, 0.2) is 0 Å². The molecule has 0 aromatic heterocycles. The van der Waals surface area contributed by atoms with E-state index in [4.69, 9.17) is 10.5 Å². The number of anilines is 1. The average Bonchev–Trinajstić information content (AvgIpc) is 2.29. The quantitative estimate of drug-likeness (QED) is 0.748. The maximum Gasteiger partial charge on any atom is 0.0594 e. The van der Waals surface area contributed by atoms with Crippen molar-refractivity contribution < 1.29 is 4.74 Å². The van der Waals surface area contributed by atoms with Crippen molar-refractivity contribution in [1.29, 1.82) is 0 Å². The highest BCUT2D eigenvalue weighted by Crippen LogP contribution is 2.22. The molecule has 0 radical (unpaired) electrons. The fourth-order valence-corrected chi connectivity index (χ4v) is 1.99. The van der Waals surface area contributed by atoms with Gasteiger partial charge in [-0.1, -0.05) is 12.1 Å². The molecular weight excluding hydrogens is 188 g/mol. The smallest absolute Gasteiger partial charge is 0.0594 e. The van der Waals surface area contributed by atoms with Crippen LogP contribution in [-0.2, 0) is 4.74 Å². The van der Waals surface area contributed by atoms with Crippen molar-refractivity contribution in [2.45, 2.75) is 13.0 Å². The largest absolute Gasteiger partial charge is 0.399 e. The van der Waals surface area contributed by atoms with Crippen LogP contribution in [0.3, 0.4) is 0 Å². The zero-order valence-electron chi connectivity index (χ0n) is 9.15. The van der Waals surface area contributed by atoms with Crippen molar-refractivity contribution >= 4 is 5.69 Å². The summed E-state index contributed by atoms with van der Waals surface area (Å²) >= 11 is 0. The molecule has 0 unspecified atom stereocenters. The van der Waals surface area contributed by atoms with Crippen LogP contribution in [-0.4, -0.2) is 31.2 Å². The number of nitrogen functional groups attached to an aromatic ring is 1. The minimum absolute atomic E-state index is 0.428. The number of hydrogen-bond acceptors (Lipinski definition) is 3. The first-order valence-electron chi connectivity index (χ1n) is 5.44. The molecule has 1 aromatic carbocycles. The van der Waals surface area contributed by atoms with Gasteiger partial charge in [0, 0.05) is 24.8 Å². The Hall–Kier alpha value is -1.06. The fourth-order valence-electron chi connectivity index (χ4n) is 1.99.